The van der Waals surface area contributed by atoms with E-state index in [4.69, 9.17) is 5.11 Å². The van der Waals surface area contributed by atoms with Gasteiger partial charge in [0.15, 0.2) is 0 Å². The molecule has 7 heteroatoms. The lowest BCUT2D eigenvalue weighted by Crippen LogP contribution is -2.25. The van der Waals surface area contributed by atoms with Crippen molar-refractivity contribution in [1.29, 1.82) is 0 Å². The number of aliphatic hydroxyl groups is 1. The molecule has 0 radical (unpaired) electrons. The molecule has 1 aromatic rings. The number of rotatable bonds is 9. The van der Waals surface area contributed by atoms with Crippen LogP contribution in [0.15, 0.2) is 24.3 Å². The molecule has 1 rings (SSSR count). The van der Waals surface area contributed by atoms with Crippen LogP contribution in [0.1, 0.15) is 16.8 Å². The number of hydrogen-bond acceptors (Lipinski definition) is 4. The highest BCUT2D eigenvalue weighted by Gasteiger charge is 2.07. The number of thioether (sulfide) groups is 1. The SMILES string of the molecule is O=C(NCCSCCCO)c1ccc(OC(F)F)cc1. The molecule has 20 heavy (non-hydrogen) atoms. The van der Waals surface area contributed by atoms with Crippen LogP contribution in [0.25, 0.3) is 0 Å². The minimum atomic E-state index is -2.87. The van der Waals surface area contributed by atoms with Gasteiger partial charge in [0.25, 0.3) is 5.91 Å². The topological polar surface area (TPSA) is 58.6 Å². The van der Waals surface area contributed by atoms with Crippen LogP contribution >= 0.6 is 11.8 Å². The summed E-state index contributed by atoms with van der Waals surface area (Å²) in [6.07, 6.45) is 0.740. The molecular weight excluding hydrogens is 288 g/mol. The Morgan fingerprint density at radius 1 is 1.30 bits per heavy atom. The summed E-state index contributed by atoms with van der Waals surface area (Å²) in [5, 5.41) is 11.3. The number of halogens is 2. The summed E-state index contributed by atoms with van der Waals surface area (Å²) in [5.41, 5.74) is 0.395. The maximum atomic E-state index is 12.0. The number of nitrogens with one attached hydrogen (secondary N) is 1. The Balaban J connectivity index is 2.29. The highest BCUT2D eigenvalue weighted by molar-refractivity contribution is 7.99. The van der Waals surface area contributed by atoms with E-state index in [1.165, 1.54) is 24.3 Å². The summed E-state index contributed by atoms with van der Waals surface area (Å²) < 4.78 is 28.1. The van der Waals surface area contributed by atoms with E-state index in [-0.39, 0.29) is 18.3 Å². The van der Waals surface area contributed by atoms with Crippen LogP contribution < -0.4 is 10.1 Å². The molecule has 0 heterocycles. The number of benzene rings is 1. The summed E-state index contributed by atoms with van der Waals surface area (Å²) in [5.74, 6) is 1.39. The summed E-state index contributed by atoms with van der Waals surface area (Å²) in [4.78, 5) is 11.7. The maximum absolute atomic E-state index is 12.0. The van der Waals surface area contributed by atoms with Crippen molar-refractivity contribution in [2.75, 3.05) is 24.7 Å². The molecule has 0 saturated carbocycles. The van der Waals surface area contributed by atoms with Crippen LogP contribution in [-0.4, -0.2) is 42.3 Å². The fraction of sp³-hybridized carbons (Fsp3) is 0.462. The van der Waals surface area contributed by atoms with Gasteiger partial charge in [-0.25, -0.2) is 0 Å². The fourth-order valence-corrected chi connectivity index (χ4v) is 2.18. The van der Waals surface area contributed by atoms with Crippen LogP contribution in [0.5, 0.6) is 5.75 Å². The van der Waals surface area contributed by atoms with E-state index >= 15 is 0 Å². The molecule has 0 atom stereocenters. The molecule has 1 aromatic carbocycles. The quantitative estimate of drug-likeness (QED) is 0.686. The van der Waals surface area contributed by atoms with Gasteiger partial charge in [0.1, 0.15) is 5.75 Å². The first-order chi connectivity index (χ1) is 9.63. The number of carbonyl (C=O) groups excluding carboxylic acids is 1. The standard InChI is InChI=1S/C13H17F2NO3S/c14-13(15)19-11-4-2-10(3-5-11)12(18)16-6-9-20-8-1-7-17/h2-5,13,17H,1,6-9H2,(H,16,18). The monoisotopic (exact) mass is 305 g/mol. The largest absolute Gasteiger partial charge is 0.435 e. The number of aliphatic hydroxyl groups excluding tert-OH is 1. The van der Waals surface area contributed by atoms with E-state index in [1.54, 1.807) is 11.8 Å². The lowest BCUT2D eigenvalue weighted by atomic mass is 10.2. The molecule has 0 aliphatic carbocycles. The average molecular weight is 305 g/mol. The van der Waals surface area contributed by atoms with Crippen molar-refractivity contribution in [1.82, 2.24) is 5.32 Å². The number of ether oxygens (including phenoxy) is 1. The first-order valence-electron chi connectivity index (χ1n) is 6.15. The maximum Gasteiger partial charge on any atom is 0.387 e. The van der Waals surface area contributed by atoms with E-state index in [2.05, 4.69) is 10.1 Å². The van der Waals surface area contributed by atoms with Gasteiger partial charge in [-0.3, -0.25) is 4.79 Å². The van der Waals surface area contributed by atoms with Gasteiger partial charge < -0.3 is 15.2 Å². The van der Waals surface area contributed by atoms with Gasteiger partial charge in [0.05, 0.1) is 0 Å². The molecule has 0 fully saturated rings. The Morgan fingerprint density at radius 2 is 2.00 bits per heavy atom. The van der Waals surface area contributed by atoms with Gasteiger partial charge in [-0.2, -0.15) is 20.5 Å². The number of hydrogen-bond donors (Lipinski definition) is 2. The average Bonchev–Trinajstić information content (AvgIpc) is 2.42. The van der Waals surface area contributed by atoms with Crippen molar-refractivity contribution in [3.63, 3.8) is 0 Å². The lowest BCUT2D eigenvalue weighted by molar-refractivity contribution is -0.0498. The van der Waals surface area contributed by atoms with Crippen LogP contribution in [0.4, 0.5) is 8.78 Å². The molecule has 0 spiro atoms. The van der Waals surface area contributed by atoms with E-state index in [0.29, 0.717) is 12.1 Å². The van der Waals surface area contributed by atoms with Crippen molar-refractivity contribution >= 4 is 17.7 Å². The molecule has 0 bridgehead atoms. The molecular formula is C13H17F2NO3S. The molecule has 112 valence electrons. The predicted octanol–water partition coefficient (Wildman–Crippen LogP) is 2.13. The van der Waals surface area contributed by atoms with Gasteiger partial charge in [-0.1, -0.05) is 0 Å². The summed E-state index contributed by atoms with van der Waals surface area (Å²) in [6.45, 7) is -2.18. The molecule has 0 aliphatic rings. The van der Waals surface area contributed by atoms with Crippen LogP contribution in [0, 0.1) is 0 Å². The van der Waals surface area contributed by atoms with E-state index < -0.39 is 6.61 Å². The summed E-state index contributed by atoms with van der Waals surface area (Å²) in [7, 11) is 0. The molecule has 0 aliphatic heterocycles. The fourth-order valence-electron chi connectivity index (χ4n) is 1.40. The summed E-state index contributed by atoms with van der Waals surface area (Å²) in [6, 6.07) is 5.53. The second-order valence-electron chi connectivity index (χ2n) is 3.85. The zero-order valence-corrected chi connectivity index (χ0v) is 11.7. The van der Waals surface area contributed by atoms with E-state index in [9.17, 15) is 13.6 Å². The molecule has 0 aromatic heterocycles. The normalized spacial score (nSPS) is 10.6. The Hall–Kier alpha value is -1.34. The number of alkyl halides is 2. The Bertz CT molecular complexity index is 401. The lowest BCUT2D eigenvalue weighted by Gasteiger charge is -2.07. The van der Waals surface area contributed by atoms with E-state index in [1.807, 2.05) is 0 Å². The molecule has 1 amide bonds. The van der Waals surface area contributed by atoms with Gasteiger partial charge >= 0.3 is 6.61 Å². The molecule has 0 unspecified atom stereocenters. The minimum Gasteiger partial charge on any atom is -0.435 e. The summed E-state index contributed by atoms with van der Waals surface area (Å²) >= 11 is 1.65. The van der Waals surface area contributed by atoms with Gasteiger partial charge in [-0.15, -0.1) is 0 Å². The van der Waals surface area contributed by atoms with Crippen molar-refractivity contribution < 1.29 is 23.4 Å². The van der Waals surface area contributed by atoms with Crippen LogP contribution in [-0.2, 0) is 0 Å². The van der Waals surface area contributed by atoms with Crippen molar-refractivity contribution in [2.24, 2.45) is 0 Å². The second-order valence-corrected chi connectivity index (χ2v) is 5.07. The van der Waals surface area contributed by atoms with Crippen LogP contribution in [0.3, 0.4) is 0 Å². The first kappa shape index (κ1) is 16.7. The zero-order chi connectivity index (χ0) is 14.8. The predicted molar refractivity (Wildman–Crippen MR) is 74.4 cm³/mol. The van der Waals surface area contributed by atoms with E-state index in [0.717, 1.165) is 17.9 Å². The molecule has 4 nitrogen and oxygen atoms in total. The Labute approximate surface area is 120 Å². The van der Waals surface area contributed by atoms with Crippen molar-refractivity contribution in [3.05, 3.63) is 29.8 Å². The molecule has 2 N–H and O–H groups in total. The molecule has 0 saturated heterocycles. The van der Waals surface area contributed by atoms with Crippen molar-refractivity contribution in [2.45, 2.75) is 13.0 Å². The Morgan fingerprint density at radius 3 is 2.60 bits per heavy atom. The zero-order valence-electron chi connectivity index (χ0n) is 10.9. The second kappa shape index (κ2) is 9.55. The number of amides is 1. The first-order valence-corrected chi connectivity index (χ1v) is 7.30. The third-order valence-corrected chi connectivity index (χ3v) is 3.39. The number of carbonyl (C=O) groups is 1. The Kier molecular flexibility index (Phi) is 7.98. The third-order valence-electron chi connectivity index (χ3n) is 2.32. The smallest absolute Gasteiger partial charge is 0.387 e. The van der Waals surface area contributed by atoms with Crippen molar-refractivity contribution in [3.8, 4) is 5.75 Å². The van der Waals surface area contributed by atoms with Gasteiger partial charge in [0, 0.05) is 24.5 Å². The van der Waals surface area contributed by atoms with Gasteiger partial charge in [0.2, 0.25) is 0 Å². The van der Waals surface area contributed by atoms with Gasteiger partial charge in [-0.05, 0) is 36.4 Å². The third kappa shape index (κ3) is 6.72. The highest BCUT2D eigenvalue weighted by Crippen LogP contribution is 2.14. The highest BCUT2D eigenvalue weighted by atomic mass is 32.2. The minimum absolute atomic E-state index is 0.0242. The van der Waals surface area contributed by atoms with Crippen LogP contribution in [0.2, 0.25) is 0 Å².